The maximum absolute atomic E-state index is 15.6. The number of hydrogen-bond acceptors (Lipinski definition) is 7. The van der Waals surface area contributed by atoms with Gasteiger partial charge in [0.25, 0.3) is 0 Å². The Morgan fingerprint density at radius 2 is 1.40 bits per heavy atom. The zero-order valence-electron chi connectivity index (χ0n) is 31.5. The second kappa shape index (κ2) is 16.6. The van der Waals surface area contributed by atoms with Gasteiger partial charge in [-0.25, -0.2) is 4.79 Å². The number of pyridine rings is 1. The monoisotopic (exact) mass is 715 g/mol. The van der Waals surface area contributed by atoms with Crippen LogP contribution in [0.25, 0.3) is 22.0 Å². The molecule has 4 aromatic carbocycles. The molecule has 0 fully saturated rings. The Morgan fingerprint density at radius 1 is 0.792 bits per heavy atom. The van der Waals surface area contributed by atoms with Crippen LogP contribution in [-0.4, -0.2) is 71.6 Å². The van der Waals surface area contributed by atoms with E-state index < -0.39 is 24.5 Å². The van der Waals surface area contributed by atoms with Crippen LogP contribution in [0.2, 0.25) is 0 Å². The molecule has 1 atom stereocenters. The van der Waals surface area contributed by atoms with Gasteiger partial charge in [0, 0.05) is 37.8 Å². The number of carbonyl (C=O) groups is 2. The fraction of sp³-hybridized carbons (Fsp3) is 0.341. The highest BCUT2D eigenvalue weighted by molar-refractivity contribution is 5.89. The van der Waals surface area contributed by atoms with Gasteiger partial charge in [0.15, 0.2) is 6.29 Å². The third-order valence-corrected chi connectivity index (χ3v) is 9.35. The third-order valence-electron chi connectivity index (χ3n) is 9.35. The van der Waals surface area contributed by atoms with Gasteiger partial charge in [0.2, 0.25) is 5.91 Å². The first-order valence-electron chi connectivity index (χ1n) is 18.3. The largest absolute Gasteiger partial charge is 0.488 e. The Kier molecular flexibility index (Phi) is 11.8. The van der Waals surface area contributed by atoms with Crippen molar-refractivity contribution in [2.45, 2.75) is 71.6 Å². The lowest BCUT2D eigenvalue weighted by atomic mass is 9.97. The fourth-order valence-corrected chi connectivity index (χ4v) is 7.17. The first kappa shape index (κ1) is 37.5. The number of para-hydroxylation sites is 1. The van der Waals surface area contributed by atoms with Crippen molar-refractivity contribution in [2.75, 3.05) is 26.9 Å². The highest BCUT2D eigenvalue weighted by Gasteiger charge is 2.44. The molecule has 0 aliphatic heterocycles. The third kappa shape index (κ3) is 8.53. The first-order chi connectivity index (χ1) is 25.6. The van der Waals surface area contributed by atoms with Gasteiger partial charge in [-0.05, 0) is 92.3 Å². The van der Waals surface area contributed by atoms with Crippen LogP contribution in [0.5, 0.6) is 5.75 Å². The van der Waals surface area contributed by atoms with E-state index in [1.807, 2.05) is 126 Å². The molecule has 1 unspecified atom stereocenters. The predicted molar refractivity (Wildman–Crippen MR) is 206 cm³/mol. The van der Waals surface area contributed by atoms with E-state index in [0.29, 0.717) is 13.2 Å². The maximum atomic E-state index is 15.6. The first-order valence-corrected chi connectivity index (χ1v) is 18.3. The van der Waals surface area contributed by atoms with Gasteiger partial charge < -0.3 is 23.8 Å². The molecule has 1 aliphatic rings. The molecule has 276 valence electrons. The molecule has 0 radical (unpaired) electrons. The van der Waals surface area contributed by atoms with Crippen LogP contribution < -0.4 is 4.74 Å². The Morgan fingerprint density at radius 3 is 2.00 bits per heavy atom. The number of hydrogen-bond donors (Lipinski definition) is 0. The lowest BCUT2D eigenvalue weighted by molar-refractivity contribution is -0.162. The maximum Gasteiger partial charge on any atom is 0.410 e. The second-order valence-electron chi connectivity index (χ2n) is 14.1. The minimum atomic E-state index is -0.988. The van der Waals surface area contributed by atoms with E-state index in [1.165, 1.54) is 7.11 Å². The number of rotatable bonds is 14. The van der Waals surface area contributed by atoms with Crippen molar-refractivity contribution in [3.05, 3.63) is 132 Å². The van der Waals surface area contributed by atoms with E-state index in [9.17, 15) is 4.79 Å². The van der Waals surface area contributed by atoms with Crippen molar-refractivity contribution in [1.29, 1.82) is 0 Å². The molecule has 5 aromatic rings. The molecule has 0 bridgehead atoms. The summed E-state index contributed by atoms with van der Waals surface area (Å²) in [4.78, 5) is 37.8. The lowest BCUT2D eigenvalue weighted by Gasteiger charge is -2.39. The van der Waals surface area contributed by atoms with Gasteiger partial charge >= 0.3 is 6.09 Å². The second-order valence-corrected chi connectivity index (χ2v) is 14.1. The molecular formula is C44H49N3O6. The summed E-state index contributed by atoms with van der Waals surface area (Å²) in [5, 5.41) is 0.937. The normalized spacial score (nSPS) is 13.0. The van der Waals surface area contributed by atoms with Crippen LogP contribution in [0.4, 0.5) is 4.79 Å². The molecule has 1 aliphatic carbocycles. The smallest absolute Gasteiger partial charge is 0.410 e. The molecule has 0 spiro atoms. The van der Waals surface area contributed by atoms with Crippen molar-refractivity contribution in [2.24, 2.45) is 0 Å². The van der Waals surface area contributed by atoms with Crippen LogP contribution in [0.3, 0.4) is 0 Å². The fourth-order valence-electron chi connectivity index (χ4n) is 7.17. The van der Waals surface area contributed by atoms with Crippen molar-refractivity contribution < 1.29 is 28.5 Å². The van der Waals surface area contributed by atoms with Crippen molar-refractivity contribution in [3.8, 4) is 16.9 Å². The zero-order chi connectivity index (χ0) is 37.5. The van der Waals surface area contributed by atoms with E-state index in [-0.39, 0.29) is 31.0 Å². The molecule has 2 amide bonds. The van der Waals surface area contributed by atoms with Crippen molar-refractivity contribution in [1.82, 2.24) is 14.8 Å². The molecule has 0 N–H and O–H groups in total. The quantitative estimate of drug-likeness (QED) is 0.106. The number of ether oxygens (including phenoxy) is 4. The Hall–Kier alpha value is -5.25. The number of aromatic nitrogens is 1. The molecular weight excluding hydrogens is 666 g/mol. The number of carbonyl (C=O) groups excluding carboxylic acids is 2. The minimum Gasteiger partial charge on any atom is -0.488 e. The van der Waals surface area contributed by atoms with E-state index in [4.69, 9.17) is 18.9 Å². The molecule has 0 saturated heterocycles. The molecule has 0 saturated carbocycles. The van der Waals surface area contributed by atoms with Gasteiger partial charge in [-0.3, -0.25) is 14.7 Å². The Labute approximate surface area is 312 Å². The van der Waals surface area contributed by atoms with E-state index in [2.05, 4.69) is 17.1 Å². The summed E-state index contributed by atoms with van der Waals surface area (Å²) < 4.78 is 23.7. The summed E-state index contributed by atoms with van der Waals surface area (Å²) in [6, 6.07) is 32.1. The number of fused-ring (bicyclic) bond motifs is 4. The average molecular weight is 716 g/mol. The van der Waals surface area contributed by atoms with Gasteiger partial charge in [-0.2, -0.15) is 0 Å². The van der Waals surface area contributed by atoms with E-state index >= 15 is 4.79 Å². The molecule has 6 rings (SSSR count). The summed E-state index contributed by atoms with van der Waals surface area (Å²) >= 11 is 0. The molecule has 53 heavy (non-hydrogen) atoms. The van der Waals surface area contributed by atoms with Crippen molar-refractivity contribution in [3.63, 3.8) is 0 Å². The number of amides is 2. The average Bonchev–Trinajstić information content (AvgIpc) is 3.48. The molecule has 9 heteroatoms. The SMILES string of the molecule is CCOC(CN(Cc1ccnc2ccccc12)C(=O)C(Cc1ccc(OC(C)(C)C)cc1)N(C(=O)OC)C1c2ccccc2-c2ccccc21)OCC. The van der Waals surface area contributed by atoms with Crippen LogP contribution in [0.15, 0.2) is 109 Å². The number of nitrogens with zero attached hydrogens (tertiary/aromatic N) is 3. The van der Waals surface area contributed by atoms with Gasteiger partial charge in [-0.15, -0.1) is 0 Å². The molecule has 1 aromatic heterocycles. The topological polar surface area (TPSA) is 90.4 Å². The van der Waals surface area contributed by atoms with Crippen LogP contribution in [-0.2, 0) is 32.0 Å². The van der Waals surface area contributed by atoms with Gasteiger partial charge in [-0.1, -0.05) is 78.9 Å². The van der Waals surface area contributed by atoms with E-state index in [0.717, 1.165) is 50.0 Å². The standard InChI is InChI=1S/C44H49N3O6/c1-7-51-40(52-8-2)29-46(28-31-25-26-45-38-20-14-13-15-33(31)38)42(48)39(27-30-21-23-32(24-22-30)53-44(3,4)5)47(43(49)50-6)41-36-18-11-9-16-34(36)35-17-10-12-19-37(35)41/h9-26,39-41H,7-8,27-29H2,1-6H3. The summed E-state index contributed by atoms with van der Waals surface area (Å²) in [5.74, 6) is 0.452. The summed E-state index contributed by atoms with van der Waals surface area (Å²) in [5.41, 5.74) is 6.12. The number of methoxy groups -OCH3 is 1. The van der Waals surface area contributed by atoms with Crippen LogP contribution >= 0.6 is 0 Å². The summed E-state index contributed by atoms with van der Waals surface area (Å²) in [6.45, 7) is 11.0. The highest BCUT2D eigenvalue weighted by atomic mass is 16.7. The summed E-state index contributed by atoms with van der Waals surface area (Å²) in [7, 11) is 1.36. The molecule has 9 nitrogen and oxygen atoms in total. The lowest BCUT2D eigenvalue weighted by Crippen LogP contribution is -2.54. The van der Waals surface area contributed by atoms with Crippen LogP contribution in [0.1, 0.15) is 62.9 Å². The predicted octanol–water partition coefficient (Wildman–Crippen LogP) is 8.59. The van der Waals surface area contributed by atoms with Gasteiger partial charge in [0.1, 0.15) is 17.4 Å². The highest BCUT2D eigenvalue weighted by Crippen LogP contribution is 2.47. The summed E-state index contributed by atoms with van der Waals surface area (Å²) in [6.07, 6.45) is 0.685. The minimum absolute atomic E-state index is 0.138. The molecule has 1 heterocycles. The Bertz CT molecular complexity index is 1970. The van der Waals surface area contributed by atoms with E-state index in [1.54, 1.807) is 16.0 Å². The van der Waals surface area contributed by atoms with Crippen LogP contribution in [0, 0.1) is 0 Å². The zero-order valence-corrected chi connectivity index (χ0v) is 31.5. The van der Waals surface area contributed by atoms with Crippen molar-refractivity contribution >= 4 is 22.9 Å². The number of benzene rings is 4. The Balaban J connectivity index is 1.49. The van der Waals surface area contributed by atoms with Gasteiger partial charge in [0.05, 0.1) is 25.2 Å².